The molecule has 2 rings (SSSR count). The zero-order chi connectivity index (χ0) is 12.3. The molecule has 1 saturated carbocycles. The minimum Gasteiger partial charge on any atom is -0.391 e. The lowest BCUT2D eigenvalue weighted by atomic mass is 10.0. The number of rotatable bonds is 6. The van der Waals surface area contributed by atoms with E-state index in [1.54, 1.807) is 0 Å². The van der Waals surface area contributed by atoms with E-state index in [0.717, 1.165) is 32.2 Å². The van der Waals surface area contributed by atoms with Crippen molar-refractivity contribution in [2.45, 2.75) is 63.6 Å². The average Bonchev–Trinajstić information content (AvgIpc) is 3.08. The van der Waals surface area contributed by atoms with Gasteiger partial charge in [-0.05, 0) is 32.1 Å². The molecule has 2 aliphatic rings. The standard InChI is InChI=1S/C13H24N2O2/c1-2-4-11(16)9-15-8-3-5-12(13(15)17)14-10-6-7-10/h10-12,14,16H,2-9H2,1H3. The van der Waals surface area contributed by atoms with Crippen molar-refractivity contribution in [2.75, 3.05) is 13.1 Å². The fourth-order valence-corrected chi connectivity index (χ4v) is 2.49. The van der Waals surface area contributed by atoms with Crippen LogP contribution in [-0.4, -0.2) is 47.2 Å². The molecule has 0 aromatic heterocycles. The molecule has 0 spiro atoms. The fourth-order valence-electron chi connectivity index (χ4n) is 2.49. The maximum atomic E-state index is 12.2. The molecule has 1 amide bonds. The van der Waals surface area contributed by atoms with Crippen LogP contribution >= 0.6 is 0 Å². The number of hydrogen-bond donors (Lipinski definition) is 2. The Bertz CT molecular complexity index is 266. The van der Waals surface area contributed by atoms with Gasteiger partial charge >= 0.3 is 0 Å². The number of nitrogens with one attached hydrogen (secondary N) is 1. The number of nitrogens with zero attached hydrogens (tertiary/aromatic N) is 1. The van der Waals surface area contributed by atoms with Crippen LogP contribution in [0.25, 0.3) is 0 Å². The predicted molar refractivity (Wildman–Crippen MR) is 66.7 cm³/mol. The largest absolute Gasteiger partial charge is 0.391 e. The summed E-state index contributed by atoms with van der Waals surface area (Å²) in [6.45, 7) is 3.37. The molecule has 1 aliphatic carbocycles. The van der Waals surface area contributed by atoms with Gasteiger partial charge < -0.3 is 15.3 Å². The first kappa shape index (κ1) is 12.8. The van der Waals surface area contributed by atoms with E-state index in [4.69, 9.17) is 0 Å². The molecule has 2 fully saturated rings. The van der Waals surface area contributed by atoms with Crippen molar-refractivity contribution in [1.82, 2.24) is 10.2 Å². The number of aliphatic hydroxyl groups excluding tert-OH is 1. The van der Waals surface area contributed by atoms with E-state index in [0.29, 0.717) is 12.6 Å². The van der Waals surface area contributed by atoms with Gasteiger partial charge in [0.05, 0.1) is 12.1 Å². The second kappa shape index (κ2) is 5.83. The molecule has 4 nitrogen and oxygen atoms in total. The molecule has 2 N–H and O–H groups in total. The van der Waals surface area contributed by atoms with E-state index < -0.39 is 0 Å². The summed E-state index contributed by atoms with van der Waals surface area (Å²) in [4.78, 5) is 14.0. The van der Waals surface area contributed by atoms with Gasteiger partial charge in [-0.2, -0.15) is 0 Å². The topological polar surface area (TPSA) is 52.6 Å². The molecule has 17 heavy (non-hydrogen) atoms. The van der Waals surface area contributed by atoms with E-state index in [-0.39, 0.29) is 18.1 Å². The normalized spacial score (nSPS) is 27.3. The zero-order valence-electron chi connectivity index (χ0n) is 10.7. The van der Waals surface area contributed by atoms with Gasteiger partial charge in [0.1, 0.15) is 0 Å². The highest BCUT2D eigenvalue weighted by atomic mass is 16.3. The maximum Gasteiger partial charge on any atom is 0.239 e. The Labute approximate surface area is 103 Å². The summed E-state index contributed by atoms with van der Waals surface area (Å²) in [6, 6.07) is 0.578. The van der Waals surface area contributed by atoms with Gasteiger partial charge in [-0.1, -0.05) is 13.3 Å². The lowest BCUT2D eigenvalue weighted by Gasteiger charge is -2.34. The first-order chi connectivity index (χ1) is 8.20. The monoisotopic (exact) mass is 240 g/mol. The van der Waals surface area contributed by atoms with E-state index in [1.807, 2.05) is 4.90 Å². The molecule has 1 aliphatic heterocycles. The predicted octanol–water partition coefficient (Wildman–Crippen LogP) is 0.890. The van der Waals surface area contributed by atoms with Gasteiger partial charge in [0, 0.05) is 19.1 Å². The molecule has 0 aromatic rings. The Morgan fingerprint density at radius 2 is 2.24 bits per heavy atom. The number of amides is 1. The van der Waals surface area contributed by atoms with Crippen molar-refractivity contribution in [3.05, 3.63) is 0 Å². The molecule has 2 unspecified atom stereocenters. The van der Waals surface area contributed by atoms with Crippen LogP contribution in [0.5, 0.6) is 0 Å². The van der Waals surface area contributed by atoms with E-state index >= 15 is 0 Å². The molecule has 98 valence electrons. The van der Waals surface area contributed by atoms with Gasteiger partial charge in [-0.25, -0.2) is 0 Å². The highest BCUT2D eigenvalue weighted by Gasteiger charge is 2.33. The molecule has 1 saturated heterocycles. The van der Waals surface area contributed by atoms with Gasteiger partial charge in [0.25, 0.3) is 0 Å². The van der Waals surface area contributed by atoms with Crippen molar-refractivity contribution in [3.63, 3.8) is 0 Å². The van der Waals surface area contributed by atoms with E-state index in [1.165, 1.54) is 12.8 Å². The van der Waals surface area contributed by atoms with E-state index in [9.17, 15) is 9.90 Å². The highest BCUT2D eigenvalue weighted by Crippen LogP contribution is 2.22. The second-order valence-electron chi connectivity index (χ2n) is 5.36. The van der Waals surface area contributed by atoms with Crippen molar-refractivity contribution >= 4 is 5.91 Å². The van der Waals surface area contributed by atoms with Crippen LogP contribution in [0.15, 0.2) is 0 Å². The third-order valence-electron chi connectivity index (χ3n) is 3.60. The van der Waals surface area contributed by atoms with Crippen LogP contribution in [0.1, 0.15) is 45.4 Å². The molecule has 1 heterocycles. The quantitative estimate of drug-likeness (QED) is 0.725. The highest BCUT2D eigenvalue weighted by molar-refractivity contribution is 5.82. The second-order valence-corrected chi connectivity index (χ2v) is 5.36. The van der Waals surface area contributed by atoms with Crippen LogP contribution in [0.4, 0.5) is 0 Å². The Morgan fingerprint density at radius 3 is 2.88 bits per heavy atom. The Kier molecular flexibility index (Phi) is 4.40. The van der Waals surface area contributed by atoms with Crippen LogP contribution in [0.2, 0.25) is 0 Å². The lowest BCUT2D eigenvalue weighted by Crippen LogP contribution is -2.53. The van der Waals surface area contributed by atoms with Crippen molar-refractivity contribution in [1.29, 1.82) is 0 Å². The van der Waals surface area contributed by atoms with Crippen LogP contribution in [0.3, 0.4) is 0 Å². The van der Waals surface area contributed by atoms with Crippen molar-refractivity contribution in [3.8, 4) is 0 Å². The number of carbonyl (C=O) groups is 1. The number of β-amino-alcohol motifs (C(OH)–C–C–N with tert-alkyl or cyclic N) is 1. The third-order valence-corrected chi connectivity index (χ3v) is 3.60. The summed E-state index contributed by atoms with van der Waals surface area (Å²) in [5, 5.41) is 13.2. The Balaban J connectivity index is 1.81. The van der Waals surface area contributed by atoms with Gasteiger partial charge in [0.15, 0.2) is 0 Å². The molecular weight excluding hydrogens is 216 g/mol. The van der Waals surface area contributed by atoms with Crippen LogP contribution in [-0.2, 0) is 4.79 Å². The smallest absolute Gasteiger partial charge is 0.239 e. The molecule has 0 aromatic carbocycles. The minimum atomic E-state index is -0.358. The van der Waals surface area contributed by atoms with Crippen LogP contribution < -0.4 is 5.32 Å². The molecule has 0 bridgehead atoms. The number of piperidine rings is 1. The molecule has 4 heteroatoms. The van der Waals surface area contributed by atoms with Crippen molar-refractivity contribution in [2.24, 2.45) is 0 Å². The summed E-state index contributed by atoms with van der Waals surface area (Å²) < 4.78 is 0. The molecule has 2 atom stereocenters. The number of carbonyl (C=O) groups excluding carboxylic acids is 1. The Hall–Kier alpha value is -0.610. The van der Waals surface area contributed by atoms with Gasteiger partial charge in [0.2, 0.25) is 5.91 Å². The van der Waals surface area contributed by atoms with Crippen LogP contribution in [0, 0.1) is 0 Å². The summed E-state index contributed by atoms with van der Waals surface area (Å²) in [7, 11) is 0. The number of likely N-dealkylation sites (tertiary alicyclic amines) is 1. The summed E-state index contributed by atoms with van der Waals surface area (Å²) in [5.41, 5.74) is 0. The SMILES string of the molecule is CCCC(O)CN1CCCC(NC2CC2)C1=O. The first-order valence-electron chi connectivity index (χ1n) is 6.93. The average molecular weight is 240 g/mol. The van der Waals surface area contributed by atoms with Gasteiger partial charge in [-0.3, -0.25) is 4.79 Å². The minimum absolute atomic E-state index is 0.00470. The maximum absolute atomic E-state index is 12.2. The zero-order valence-corrected chi connectivity index (χ0v) is 10.7. The molecule has 0 radical (unpaired) electrons. The summed E-state index contributed by atoms with van der Waals surface area (Å²) in [6.07, 6.45) is 5.82. The lowest BCUT2D eigenvalue weighted by molar-refractivity contribution is -0.137. The summed E-state index contributed by atoms with van der Waals surface area (Å²) >= 11 is 0. The first-order valence-corrected chi connectivity index (χ1v) is 6.93. The number of hydrogen-bond acceptors (Lipinski definition) is 3. The number of aliphatic hydroxyl groups is 1. The fraction of sp³-hybridized carbons (Fsp3) is 0.923. The van der Waals surface area contributed by atoms with Crippen molar-refractivity contribution < 1.29 is 9.90 Å². The van der Waals surface area contributed by atoms with Gasteiger partial charge in [-0.15, -0.1) is 0 Å². The Morgan fingerprint density at radius 1 is 1.47 bits per heavy atom. The molecular formula is C13H24N2O2. The van der Waals surface area contributed by atoms with E-state index in [2.05, 4.69) is 12.2 Å². The third kappa shape index (κ3) is 3.68. The summed E-state index contributed by atoms with van der Waals surface area (Å²) in [5.74, 6) is 0.193.